The number of halogens is 12. The van der Waals surface area contributed by atoms with Gasteiger partial charge in [0.05, 0.1) is 72.8 Å². The number of rotatable bonds is 17. The quantitative estimate of drug-likeness (QED) is 0.00425. The van der Waals surface area contributed by atoms with Crippen LogP contribution in [-0.4, -0.2) is 137 Å². The van der Waals surface area contributed by atoms with Crippen LogP contribution in [0.4, 0.5) is 50.9 Å². The number of anilines is 2. The topological polar surface area (TPSA) is 422 Å². The number of aromatic carboxylic acids is 1. The summed E-state index contributed by atoms with van der Waals surface area (Å²) < 4.78 is 147. The Labute approximate surface area is 799 Å². The zero-order valence-electron chi connectivity index (χ0n) is 74.6. The number of nitrogens with one attached hydrogen (secondary N) is 2. The number of unbranched alkanes of at least 4 members (excludes halogenated alkanes) is 1. The molecule has 6 aromatic heterocycles. The number of oxime groups is 1. The van der Waals surface area contributed by atoms with Crippen molar-refractivity contribution in [1.82, 2.24) is 45.5 Å². The Morgan fingerprint density at radius 3 is 1.24 bits per heavy atom. The average molecular weight is 2050 g/mol. The van der Waals surface area contributed by atoms with Crippen LogP contribution in [0.15, 0.2) is 112 Å². The van der Waals surface area contributed by atoms with Gasteiger partial charge in [0.2, 0.25) is 0 Å². The van der Waals surface area contributed by atoms with Crippen molar-refractivity contribution in [3.8, 4) is 35.4 Å². The Morgan fingerprint density at radius 1 is 0.624 bits per heavy atom. The number of alkyl halides is 9. The van der Waals surface area contributed by atoms with Crippen LogP contribution >= 0.6 is 43.5 Å². The molecule has 27 nitrogen and oxygen atoms in total. The van der Waals surface area contributed by atoms with Gasteiger partial charge in [-0.2, -0.15) is 45.9 Å². The molecular weight excluding hydrogens is 1930 g/mol. The number of carboxylic acid groups (broad SMARTS) is 1. The molecule has 11 N–H and O–H groups in total. The summed E-state index contributed by atoms with van der Waals surface area (Å²) in [5.74, 6) is 5.23. The second-order valence-corrected chi connectivity index (χ2v) is 30.1. The van der Waals surface area contributed by atoms with E-state index in [1.807, 2.05) is 69.2 Å². The summed E-state index contributed by atoms with van der Waals surface area (Å²) in [7, 11) is 0. The maximum absolute atomic E-state index is 12.7. The number of carboxylic acids is 1. The van der Waals surface area contributed by atoms with E-state index in [0.717, 1.165) is 71.8 Å². The van der Waals surface area contributed by atoms with Gasteiger partial charge in [-0.05, 0) is 146 Å². The molecule has 0 spiro atoms. The number of esters is 2. The van der Waals surface area contributed by atoms with Gasteiger partial charge >= 0.3 is 74.2 Å². The maximum Gasteiger partial charge on any atom is 1.00 e. The number of H-pyrrole nitrogens is 2. The van der Waals surface area contributed by atoms with Crippen molar-refractivity contribution in [2.24, 2.45) is 28.6 Å². The number of aromatic nitrogens is 8. The molecule has 1 aliphatic rings. The number of aldehydes is 1. The third-order valence-corrected chi connectivity index (χ3v) is 15.4. The van der Waals surface area contributed by atoms with Gasteiger partial charge in [-0.1, -0.05) is 161 Å². The monoisotopic (exact) mass is 2040 g/mol. The molecule has 125 heavy (non-hydrogen) atoms. The molecule has 9 aromatic rings. The number of carbonyl (C=O) groups excluding carboxylic acids is 3. The number of allylic oxidation sites excluding steroid dienone is 1. The van der Waals surface area contributed by atoms with E-state index < -0.39 is 58.3 Å². The smallest absolute Gasteiger partial charge is 0.870 e. The number of carbonyl (C=O) groups is 4. The second kappa shape index (κ2) is 69.9. The third kappa shape index (κ3) is 56.1. The number of imidazole rings is 2. The zero-order chi connectivity index (χ0) is 92.4. The van der Waals surface area contributed by atoms with Crippen LogP contribution in [0.25, 0.3) is 45.1 Å². The largest absolute Gasteiger partial charge is 1.00 e. The van der Waals surface area contributed by atoms with Gasteiger partial charge < -0.3 is 91.9 Å². The van der Waals surface area contributed by atoms with Crippen LogP contribution < -0.4 is 54.9 Å². The third-order valence-electron chi connectivity index (χ3n) is 14.6. The SMILES string of the molecule is C#CC(C)C.C1CCOC1.CC(C)C=C(Br)Br.CC(C)C=O.CC(C)c1cc(-c2nc3ccc(C(F)(F)F)cc3[nH]2)no1.CC(C)c1cc(C(=O)O)no1.CCN(CC)CC.CCOC(=O)/C(Cl)=N/O.CCOC(=O)c1cc(C(C)C)on1.C[C@H](N)c1cc(-c2nc3ccc(C(F)(F)F)cc3[nH]2)no1.Nc1ccc(C(F)(F)F)cc1N.[CH2-]CCC.[Li+].[Li+].[Nb].[OH-].[Zn]. The molecule has 3 aromatic carbocycles. The predicted octanol–water partition coefficient (Wildman–Crippen LogP) is 16.5. The minimum absolute atomic E-state index is 0. The van der Waals surface area contributed by atoms with Gasteiger partial charge in [0.25, 0.3) is 5.17 Å². The molecule has 43 heteroatoms. The Kier molecular flexibility index (Phi) is 73.3. The molecule has 1 saturated heterocycles. The van der Waals surface area contributed by atoms with Crippen LogP contribution in [0.2, 0.25) is 0 Å². The second-order valence-electron chi connectivity index (χ2n) is 27.0. The van der Waals surface area contributed by atoms with Gasteiger partial charge in [-0.3, -0.25) is 0 Å². The number of nitrogens with two attached hydrogens (primary N) is 3. The van der Waals surface area contributed by atoms with Crippen molar-refractivity contribution < 1.29 is 186 Å². The number of fused-ring (bicyclic) bond motifs is 2. The number of nitrogens with zero attached hydrogens (tertiary/aromatic N) is 8. The standard InChI is InChI=1S/C14H12F3N3O.C13H11F3N4O.C9H13NO3.C7H7F3N2.C7H9NO3.C6H15N.C5H8Br2.C5H8.C4H6ClNO3.2C4H8O.C4H9.2Li.Nb.H2O.Zn/c1-7(2)12-6-11(20-21-12)13-18-9-4-3-8(14(15,16)17)5-10(9)19-13;1-6(17)11-5-10(20-21-11)12-18-8-3-2-7(13(14,15)16)4-9(8)19-12;1-4-12-9(11)7-5-8(6(2)3)13-10-7;8-7(9,10)4-1-2-5(11)6(12)3-4;1-4(2)6-3-5(7(9)10)8-11-6;1-4-7(5-2)6-3;1-4(2)3-5(6)7;1-4-5(2)3;1-2-9-4(7)3(5)6-8;1-2-4-5-3-1;1-4(2)3-5;1-3-4-2;;;;;/h3-7H,1-2H3,(H,18,19);2-6H,17H2,1H3,(H,18,19);5-6H,4H2,1-3H3;1-3H,11-12H2;3-4H,1-2H3,(H,9,10);4-6H2,1-3H3;3-4H,1-2H3;1,5H,2-3H3;8H,2H2,1H3;1-4H2;3-4H,1-2H3;1,3-4H2,2H3;;;;1H2;/q;;;;;;;;;;;-1;2*+1;;;/p-1/b;;;;;;;;6-3-;;;;;;;;/t;6-;;;;;;;;;;;;;;;/m.0.............../s1. The predicted molar refractivity (Wildman–Crippen MR) is 457 cm³/mol. The summed E-state index contributed by atoms with van der Waals surface area (Å²) in [6, 6.07) is 15.6. The van der Waals surface area contributed by atoms with Crippen molar-refractivity contribution in [2.75, 3.05) is 57.5 Å². The minimum Gasteiger partial charge on any atom is -0.870 e. The molecule has 0 unspecified atom stereocenters. The van der Waals surface area contributed by atoms with Gasteiger partial charge in [0.1, 0.15) is 35.0 Å². The van der Waals surface area contributed by atoms with E-state index in [2.05, 4.69) is 148 Å². The van der Waals surface area contributed by atoms with Crippen LogP contribution in [0.5, 0.6) is 0 Å². The Balaban J connectivity index is -0.000000251. The molecular formula is C82H115Br2ClF9Li2N13NbO14Zn. The van der Waals surface area contributed by atoms with Crippen molar-refractivity contribution >= 4 is 106 Å². The van der Waals surface area contributed by atoms with Crippen molar-refractivity contribution in [1.29, 1.82) is 0 Å². The van der Waals surface area contributed by atoms with Crippen LogP contribution in [0, 0.1) is 37.0 Å². The Morgan fingerprint density at radius 2 is 0.984 bits per heavy atom. The summed E-state index contributed by atoms with van der Waals surface area (Å²) in [5, 5.41) is 32.9. The van der Waals surface area contributed by atoms with E-state index in [-0.39, 0.29) is 150 Å². The first kappa shape index (κ1) is 131. The first-order valence-electron chi connectivity index (χ1n) is 38.0. The summed E-state index contributed by atoms with van der Waals surface area (Å²) in [6.07, 6.45) is -0.375. The minimum atomic E-state index is -4.39. The molecule has 685 valence electrons. The fourth-order valence-electron chi connectivity index (χ4n) is 7.84. The van der Waals surface area contributed by atoms with E-state index in [9.17, 15) is 58.7 Å². The maximum atomic E-state index is 12.7. The van der Waals surface area contributed by atoms with E-state index in [1.54, 1.807) is 39.0 Å². The number of hydrogen-bond acceptors (Lipinski definition) is 24. The first-order valence-corrected chi connectivity index (χ1v) is 39.9. The van der Waals surface area contributed by atoms with Gasteiger partial charge in [0.15, 0.2) is 28.8 Å². The molecule has 7 heterocycles. The molecule has 1 atom stereocenters. The van der Waals surface area contributed by atoms with E-state index in [1.165, 1.54) is 57.1 Å². The normalized spacial score (nSPS) is 11.3. The summed E-state index contributed by atoms with van der Waals surface area (Å²) >= 11 is 11.5. The average Bonchev–Trinajstić information content (AvgIpc) is 1.65. The summed E-state index contributed by atoms with van der Waals surface area (Å²) in [4.78, 5) is 57.7. The molecule has 0 aliphatic carbocycles. The number of terminal acetylenes is 1. The van der Waals surface area contributed by atoms with Crippen molar-refractivity contribution in [3.63, 3.8) is 0 Å². The Hall–Kier alpha value is -7.09. The Bertz CT molecular complexity index is 4360. The summed E-state index contributed by atoms with van der Waals surface area (Å²) in [6.45, 7) is 47.1. The summed E-state index contributed by atoms with van der Waals surface area (Å²) in [5.41, 5.74) is 16.5. The fraction of sp³-hybridized carbons (Fsp3) is 0.488. The van der Waals surface area contributed by atoms with Crippen LogP contribution in [0.3, 0.4) is 0 Å². The van der Waals surface area contributed by atoms with Crippen molar-refractivity contribution in [3.05, 3.63) is 146 Å². The molecule has 1 aliphatic heterocycles. The van der Waals surface area contributed by atoms with Crippen molar-refractivity contribution in [2.45, 2.75) is 200 Å². The first-order chi connectivity index (χ1) is 56.0. The molecule has 0 amide bonds. The van der Waals surface area contributed by atoms with Crippen LogP contribution in [0.1, 0.15) is 242 Å². The zero-order valence-corrected chi connectivity index (χ0v) is 83.7. The molecule has 10 rings (SSSR count). The number of benzene rings is 3. The fourth-order valence-corrected chi connectivity index (χ4v) is 8.96. The number of hydrogen-bond donors (Lipinski definition) is 7. The van der Waals surface area contributed by atoms with Crippen LogP contribution in [-0.2, 0) is 84.2 Å². The van der Waals surface area contributed by atoms with E-state index in [4.69, 9.17) is 73.1 Å². The van der Waals surface area contributed by atoms with Gasteiger partial charge in [-0.25, -0.2) is 24.4 Å². The molecule has 1 fully saturated rings. The van der Waals surface area contributed by atoms with Gasteiger partial charge in [0, 0.05) is 109 Å². The number of nitrogen functional groups attached to an aromatic ring is 2. The molecule has 0 bridgehead atoms. The van der Waals surface area contributed by atoms with E-state index >= 15 is 0 Å². The number of aromatic amines is 2. The molecule has 0 saturated carbocycles. The van der Waals surface area contributed by atoms with Gasteiger partial charge in [-0.15, -0.1) is 12.3 Å². The molecule has 1 radical (unpaired) electrons. The number of ether oxygens (including phenoxy) is 3. The van der Waals surface area contributed by atoms with E-state index in [0.29, 0.717) is 81.1 Å².